The van der Waals surface area contributed by atoms with Crippen LogP contribution in [0.25, 0.3) is 0 Å². The molecule has 15 atom stereocenters. The van der Waals surface area contributed by atoms with Crippen LogP contribution in [0.1, 0.15) is 6.42 Å². The van der Waals surface area contributed by atoms with Crippen molar-refractivity contribution in [1.29, 1.82) is 0 Å². The molecule has 0 amide bonds. The molecule has 15 heteroatoms. The molecule has 208 valence electrons. The SMILES string of the molecule is C#CCNC1CC(N)C(OC2OC(CN)C(O)C(O)C2O)C(O)C1OC1OC(CO)C(O)C(N)C1O. The van der Waals surface area contributed by atoms with E-state index in [9.17, 15) is 35.7 Å². The summed E-state index contributed by atoms with van der Waals surface area (Å²) in [6, 6.07) is -2.70. The monoisotopic (exact) mass is 522 g/mol. The summed E-state index contributed by atoms with van der Waals surface area (Å²) in [6.45, 7) is -0.686. The molecule has 3 rings (SSSR count). The van der Waals surface area contributed by atoms with Gasteiger partial charge in [0.1, 0.15) is 61.0 Å². The van der Waals surface area contributed by atoms with Crippen molar-refractivity contribution < 1.29 is 54.7 Å². The zero-order chi connectivity index (χ0) is 26.7. The number of ether oxygens (including phenoxy) is 4. The number of nitrogens with one attached hydrogen (secondary N) is 1. The first-order chi connectivity index (χ1) is 17.0. The maximum atomic E-state index is 11.2. The van der Waals surface area contributed by atoms with Crippen molar-refractivity contribution in [3.8, 4) is 12.3 Å². The van der Waals surface area contributed by atoms with Gasteiger partial charge >= 0.3 is 0 Å². The maximum absolute atomic E-state index is 11.2. The van der Waals surface area contributed by atoms with Crippen LogP contribution in [-0.2, 0) is 18.9 Å². The highest BCUT2D eigenvalue weighted by Crippen LogP contribution is 2.31. The van der Waals surface area contributed by atoms with Crippen molar-refractivity contribution in [1.82, 2.24) is 5.32 Å². The number of hydrogen-bond donors (Lipinski definition) is 11. The van der Waals surface area contributed by atoms with Crippen molar-refractivity contribution in [2.24, 2.45) is 17.2 Å². The Labute approximate surface area is 208 Å². The predicted octanol–water partition coefficient (Wildman–Crippen LogP) is -7.03. The third-order valence-electron chi connectivity index (χ3n) is 6.90. The Morgan fingerprint density at radius 2 is 1.44 bits per heavy atom. The standard InChI is InChI=1S/C21H38N4O11/c1-2-3-25-8-4-7(23)18(35-21-16(31)15(30)13(28)9(5-22)33-21)17(32)19(8)36-20-14(29)11(24)12(27)10(6-26)34-20/h1,7-21,25-32H,3-6,22-24H2. The highest BCUT2D eigenvalue weighted by atomic mass is 16.7. The largest absolute Gasteiger partial charge is 0.394 e. The number of terminal acetylenes is 1. The fourth-order valence-corrected chi connectivity index (χ4v) is 4.75. The highest BCUT2D eigenvalue weighted by molar-refractivity contribution is 5.03. The summed E-state index contributed by atoms with van der Waals surface area (Å²) in [5, 5.41) is 74.8. The van der Waals surface area contributed by atoms with E-state index in [4.69, 9.17) is 42.6 Å². The molecule has 0 aromatic rings. The molecule has 1 saturated carbocycles. The zero-order valence-electron chi connectivity index (χ0n) is 19.6. The fraction of sp³-hybridized carbons (Fsp3) is 0.905. The number of hydrogen-bond acceptors (Lipinski definition) is 15. The average molecular weight is 523 g/mol. The lowest BCUT2D eigenvalue weighted by atomic mass is 9.83. The smallest absolute Gasteiger partial charge is 0.187 e. The molecule has 0 bridgehead atoms. The Morgan fingerprint density at radius 3 is 2.06 bits per heavy atom. The molecule has 2 heterocycles. The molecule has 0 spiro atoms. The van der Waals surface area contributed by atoms with Gasteiger partial charge in [0.25, 0.3) is 0 Å². The molecule has 14 N–H and O–H groups in total. The second kappa shape index (κ2) is 12.7. The van der Waals surface area contributed by atoms with Crippen molar-refractivity contribution in [3.63, 3.8) is 0 Å². The van der Waals surface area contributed by atoms with Gasteiger partial charge in [-0.05, 0) is 6.42 Å². The second-order valence-electron chi connectivity index (χ2n) is 9.32. The molecule has 2 aliphatic heterocycles. The van der Waals surface area contributed by atoms with Crippen LogP contribution < -0.4 is 22.5 Å². The Bertz CT molecular complexity index is 743. The van der Waals surface area contributed by atoms with E-state index < -0.39 is 98.4 Å². The van der Waals surface area contributed by atoms with Gasteiger partial charge in [-0.1, -0.05) is 5.92 Å². The van der Waals surface area contributed by atoms with E-state index in [0.717, 1.165) is 0 Å². The first-order valence-electron chi connectivity index (χ1n) is 11.7. The Hall–Kier alpha value is -1.04. The molecule has 1 aliphatic carbocycles. The lowest BCUT2D eigenvalue weighted by molar-refractivity contribution is -0.332. The van der Waals surface area contributed by atoms with E-state index in [0.29, 0.717) is 0 Å². The van der Waals surface area contributed by atoms with Gasteiger partial charge in [0, 0.05) is 18.6 Å². The highest BCUT2D eigenvalue weighted by Gasteiger charge is 2.52. The Balaban J connectivity index is 1.80. The van der Waals surface area contributed by atoms with Crippen LogP contribution in [0.5, 0.6) is 0 Å². The molecular formula is C21H38N4O11. The van der Waals surface area contributed by atoms with Crippen LogP contribution in [0.2, 0.25) is 0 Å². The number of aliphatic hydroxyl groups excluding tert-OH is 7. The van der Waals surface area contributed by atoms with E-state index in [1.54, 1.807) is 0 Å². The number of nitrogens with two attached hydrogens (primary N) is 3. The maximum Gasteiger partial charge on any atom is 0.187 e. The zero-order valence-corrected chi connectivity index (χ0v) is 19.6. The quantitative estimate of drug-likeness (QED) is 0.132. The Morgan fingerprint density at radius 1 is 0.833 bits per heavy atom. The van der Waals surface area contributed by atoms with E-state index in [1.807, 2.05) is 0 Å². The summed E-state index contributed by atoms with van der Waals surface area (Å²) in [6.07, 6.45) is -11.1. The molecule has 2 saturated heterocycles. The molecule has 3 fully saturated rings. The topological polar surface area (TPSA) is 269 Å². The molecule has 36 heavy (non-hydrogen) atoms. The number of aliphatic hydroxyl groups is 7. The lowest BCUT2D eigenvalue weighted by Crippen LogP contribution is -2.69. The van der Waals surface area contributed by atoms with Gasteiger partial charge in [-0.2, -0.15) is 0 Å². The minimum Gasteiger partial charge on any atom is -0.394 e. The van der Waals surface area contributed by atoms with Crippen LogP contribution in [0.3, 0.4) is 0 Å². The summed E-state index contributed by atoms with van der Waals surface area (Å²) in [5.41, 5.74) is 17.7. The van der Waals surface area contributed by atoms with E-state index >= 15 is 0 Å². The molecule has 0 radical (unpaired) electrons. The third-order valence-corrected chi connectivity index (χ3v) is 6.90. The van der Waals surface area contributed by atoms with Gasteiger partial charge < -0.3 is 77.2 Å². The minimum absolute atomic E-state index is 0.0910. The molecular weight excluding hydrogens is 484 g/mol. The average Bonchev–Trinajstić information content (AvgIpc) is 2.86. The first-order valence-corrected chi connectivity index (χ1v) is 11.7. The molecule has 0 aromatic carbocycles. The van der Waals surface area contributed by atoms with Crippen molar-refractivity contribution >= 4 is 0 Å². The normalized spacial score (nSPS) is 50.0. The van der Waals surface area contributed by atoms with Gasteiger partial charge in [-0.3, -0.25) is 0 Å². The minimum atomic E-state index is -1.67. The van der Waals surface area contributed by atoms with Crippen molar-refractivity contribution in [2.45, 2.75) is 98.2 Å². The van der Waals surface area contributed by atoms with Gasteiger partial charge in [-0.25, -0.2) is 0 Å². The third kappa shape index (κ3) is 5.99. The number of rotatable bonds is 8. The fourth-order valence-electron chi connectivity index (χ4n) is 4.75. The molecule has 15 nitrogen and oxygen atoms in total. The molecule has 15 unspecified atom stereocenters. The summed E-state index contributed by atoms with van der Waals surface area (Å²) in [5.74, 6) is 2.41. The van der Waals surface area contributed by atoms with Gasteiger partial charge in [0.2, 0.25) is 0 Å². The summed E-state index contributed by atoms with van der Waals surface area (Å²) >= 11 is 0. The summed E-state index contributed by atoms with van der Waals surface area (Å²) < 4.78 is 22.6. The van der Waals surface area contributed by atoms with E-state index in [2.05, 4.69) is 11.2 Å². The first kappa shape index (κ1) is 29.5. The lowest BCUT2D eigenvalue weighted by Gasteiger charge is -2.48. The van der Waals surface area contributed by atoms with Gasteiger partial charge in [-0.15, -0.1) is 6.42 Å². The van der Waals surface area contributed by atoms with Crippen molar-refractivity contribution in [3.05, 3.63) is 0 Å². The van der Waals surface area contributed by atoms with E-state index in [1.165, 1.54) is 0 Å². The molecule has 3 aliphatic rings. The van der Waals surface area contributed by atoms with Crippen molar-refractivity contribution in [2.75, 3.05) is 19.7 Å². The summed E-state index contributed by atoms with van der Waals surface area (Å²) in [4.78, 5) is 0. The summed E-state index contributed by atoms with van der Waals surface area (Å²) in [7, 11) is 0. The van der Waals surface area contributed by atoms with Crippen LogP contribution >= 0.6 is 0 Å². The second-order valence-corrected chi connectivity index (χ2v) is 9.32. The molecule has 0 aromatic heterocycles. The van der Waals surface area contributed by atoms with Crippen LogP contribution in [0, 0.1) is 12.3 Å². The van der Waals surface area contributed by atoms with E-state index in [-0.39, 0.29) is 19.5 Å². The van der Waals surface area contributed by atoms with Gasteiger partial charge in [0.05, 0.1) is 19.2 Å². The van der Waals surface area contributed by atoms with Gasteiger partial charge in [0.15, 0.2) is 12.6 Å². The van der Waals surface area contributed by atoms with Crippen LogP contribution in [0.15, 0.2) is 0 Å². The predicted molar refractivity (Wildman–Crippen MR) is 120 cm³/mol. The van der Waals surface area contributed by atoms with Crippen LogP contribution in [0.4, 0.5) is 0 Å². The Kier molecular flexibility index (Phi) is 10.4. The van der Waals surface area contributed by atoms with Crippen LogP contribution in [-0.4, -0.2) is 147 Å².